The Hall–Kier alpha value is -3.12. The number of nitrogens with zero attached hydrogens (tertiary/aromatic N) is 1. The van der Waals surface area contributed by atoms with Crippen molar-refractivity contribution in [2.24, 2.45) is 0 Å². The molecule has 0 saturated carbocycles. The normalized spacial score (nSPS) is 15.4. The summed E-state index contributed by atoms with van der Waals surface area (Å²) in [5.74, 6) is 0.603. The molecule has 2 heterocycles. The van der Waals surface area contributed by atoms with Gasteiger partial charge >= 0.3 is 0 Å². The van der Waals surface area contributed by atoms with Crippen LogP contribution in [0.5, 0.6) is 5.75 Å². The molecule has 1 atom stereocenters. The van der Waals surface area contributed by atoms with Crippen LogP contribution in [0.1, 0.15) is 73.3 Å². The van der Waals surface area contributed by atoms with Gasteiger partial charge in [0, 0.05) is 13.2 Å². The van der Waals surface area contributed by atoms with E-state index in [2.05, 4.69) is 6.92 Å². The molecule has 4 rings (SSSR count). The molecule has 1 unspecified atom stereocenters. The van der Waals surface area contributed by atoms with E-state index < -0.39 is 6.04 Å². The second-order valence-corrected chi connectivity index (χ2v) is 9.12. The lowest BCUT2D eigenvalue weighted by atomic mass is 9.98. The molecule has 0 spiro atoms. The Morgan fingerprint density at radius 3 is 2.65 bits per heavy atom. The molecular weight excluding hydrogens is 430 g/mol. The highest BCUT2D eigenvalue weighted by atomic mass is 16.5. The lowest BCUT2D eigenvalue weighted by Gasteiger charge is -2.25. The quantitative estimate of drug-likeness (QED) is 0.364. The first kappa shape index (κ1) is 24.0. The number of benzene rings is 2. The second kappa shape index (κ2) is 10.4. The van der Waals surface area contributed by atoms with Crippen LogP contribution in [0.3, 0.4) is 0 Å². The highest BCUT2D eigenvalue weighted by Crippen LogP contribution is 2.39. The third kappa shape index (κ3) is 4.87. The van der Waals surface area contributed by atoms with Crippen molar-refractivity contribution in [1.29, 1.82) is 0 Å². The highest BCUT2D eigenvalue weighted by Gasteiger charge is 2.42. The van der Waals surface area contributed by atoms with E-state index in [0.717, 1.165) is 29.7 Å². The Kier molecular flexibility index (Phi) is 7.37. The van der Waals surface area contributed by atoms with Crippen molar-refractivity contribution in [2.45, 2.75) is 59.1 Å². The number of amides is 1. The van der Waals surface area contributed by atoms with Gasteiger partial charge in [0.05, 0.1) is 29.7 Å². The lowest BCUT2D eigenvalue weighted by Crippen LogP contribution is -2.31. The molecule has 34 heavy (non-hydrogen) atoms. The van der Waals surface area contributed by atoms with Gasteiger partial charge in [0.15, 0.2) is 5.43 Å². The molecule has 0 aliphatic carbocycles. The van der Waals surface area contributed by atoms with Crippen molar-refractivity contribution in [3.63, 3.8) is 0 Å². The van der Waals surface area contributed by atoms with Crippen LogP contribution in [-0.2, 0) is 4.74 Å². The first-order valence-electron chi connectivity index (χ1n) is 12.1. The smallest absolute Gasteiger partial charge is 0.290 e. The number of hydrogen-bond donors (Lipinski definition) is 0. The minimum atomic E-state index is -0.530. The van der Waals surface area contributed by atoms with Gasteiger partial charge in [-0.25, -0.2) is 0 Å². The largest absolute Gasteiger partial charge is 0.494 e. The van der Waals surface area contributed by atoms with E-state index >= 15 is 0 Å². The van der Waals surface area contributed by atoms with Crippen LogP contribution >= 0.6 is 0 Å². The number of fused-ring (bicyclic) bond motifs is 2. The molecule has 0 fully saturated rings. The van der Waals surface area contributed by atoms with Gasteiger partial charge in [-0.3, -0.25) is 9.59 Å². The Labute approximate surface area is 200 Å². The second-order valence-electron chi connectivity index (χ2n) is 9.12. The fraction of sp³-hybridized carbons (Fsp3) is 0.429. The van der Waals surface area contributed by atoms with E-state index in [-0.39, 0.29) is 23.2 Å². The average Bonchev–Trinajstić information content (AvgIpc) is 3.09. The molecule has 1 aliphatic heterocycles. The predicted molar refractivity (Wildman–Crippen MR) is 133 cm³/mol. The zero-order valence-corrected chi connectivity index (χ0v) is 20.4. The van der Waals surface area contributed by atoms with Gasteiger partial charge < -0.3 is 18.8 Å². The van der Waals surface area contributed by atoms with Crippen LogP contribution in [0.15, 0.2) is 51.7 Å². The van der Waals surface area contributed by atoms with E-state index in [0.29, 0.717) is 42.7 Å². The Balaban J connectivity index is 1.77. The molecule has 0 saturated heterocycles. The van der Waals surface area contributed by atoms with Gasteiger partial charge in [0.2, 0.25) is 5.76 Å². The van der Waals surface area contributed by atoms with Crippen molar-refractivity contribution in [2.75, 3.05) is 19.8 Å². The fourth-order valence-corrected chi connectivity index (χ4v) is 4.37. The van der Waals surface area contributed by atoms with Gasteiger partial charge in [-0.1, -0.05) is 37.1 Å². The van der Waals surface area contributed by atoms with Gasteiger partial charge in [0.1, 0.15) is 11.3 Å². The first-order chi connectivity index (χ1) is 16.4. The Bertz CT molecular complexity index is 1230. The summed E-state index contributed by atoms with van der Waals surface area (Å²) < 4.78 is 17.6. The van der Waals surface area contributed by atoms with E-state index in [9.17, 15) is 9.59 Å². The lowest BCUT2D eigenvalue weighted by molar-refractivity contribution is 0.0593. The van der Waals surface area contributed by atoms with Crippen LogP contribution in [0.2, 0.25) is 0 Å². The van der Waals surface area contributed by atoms with Crippen LogP contribution in [-0.4, -0.2) is 36.7 Å². The first-order valence-corrected chi connectivity index (χ1v) is 12.1. The molecule has 6 heteroatoms. The van der Waals surface area contributed by atoms with Gasteiger partial charge in [-0.05, 0) is 63.4 Å². The monoisotopic (exact) mass is 463 g/mol. The maximum Gasteiger partial charge on any atom is 0.290 e. The summed E-state index contributed by atoms with van der Waals surface area (Å²) >= 11 is 0. The number of unbranched alkanes of at least 4 members (excludes halogenated alkanes) is 1. The van der Waals surface area contributed by atoms with Crippen LogP contribution < -0.4 is 10.2 Å². The summed E-state index contributed by atoms with van der Waals surface area (Å²) in [6, 6.07) is 12.6. The fourth-order valence-electron chi connectivity index (χ4n) is 4.37. The molecule has 0 radical (unpaired) electrons. The van der Waals surface area contributed by atoms with E-state index in [1.54, 1.807) is 11.0 Å². The zero-order chi connectivity index (χ0) is 24.2. The highest BCUT2D eigenvalue weighted by molar-refractivity contribution is 5.99. The maximum atomic E-state index is 13.7. The molecule has 6 nitrogen and oxygen atoms in total. The van der Waals surface area contributed by atoms with Crippen molar-refractivity contribution in [3.05, 3.63) is 75.1 Å². The summed E-state index contributed by atoms with van der Waals surface area (Å²) in [4.78, 5) is 28.9. The van der Waals surface area contributed by atoms with Gasteiger partial charge in [-0.2, -0.15) is 0 Å². The summed E-state index contributed by atoms with van der Waals surface area (Å²) in [6.45, 7) is 9.64. The average molecular weight is 464 g/mol. The van der Waals surface area contributed by atoms with Crippen molar-refractivity contribution < 1.29 is 18.7 Å². The zero-order valence-electron chi connectivity index (χ0n) is 20.4. The molecular formula is C28H33NO5. The molecule has 1 amide bonds. The number of ether oxygens (including phenoxy) is 2. The molecule has 1 aromatic heterocycles. The molecule has 3 aromatic rings. The molecule has 180 valence electrons. The maximum absolute atomic E-state index is 13.7. The van der Waals surface area contributed by atoms with Crippen LogP contribution in [0.4, 0.5) is 0 Å². The number of carbonyl (C=O) groups is 1. The minimum absolute atomic E-state index is 0.121. The molecule has 0 bridgehead atoms. The van der Waals surface area contributed by atoms with Crippen molar-refractivity contribution in [1.82, 2.24) is 4.90 Å². The molecule has 2 aromatic carbocycles. The minimum Gasteiger partial charge on any atom is -0.494 e. The Morgan fingerprint density at radius 1 is 1.06 bits per heavy atom. The molecule has 1 aliphatic rings. The summed E-state index contributed by atoms with van der Waals surface area (Å²) in [5.41, 5.74) is 2.48. The third-order valence-electron chi connectivity index (χ3n) is 6.06. The van der Waals surface area contributed by atoms with Gasteiger partial charge in [-0.15, -0.1) is 0 Å². The number of rotatable bonds is 10. The summed E-state index contributed by atoms with van der Waals surface area (Å²) in [7, 11) is 0. The Morgan fingerprint density at radius 2 is 1.88 bits per heavy atom. The van der Waals surface area contributed by atoms with Crippen LogP contribution in [0, 0.1) is 6.92 Å². The van der Waals surface area contributed by atoms with E-state index in [4.69, 9.17) is 13.9 Å². The van der Waals surface area contributed by atoms with Crippen LogP contribution in [0.25, 0.3) is 11.0 Å². The number of aryl methyl sites for hydroxylation is 1. The number of hydrogen-bond acceptors (Lipinski definition) is 5. The molecule has 0 N–H and O–H groups in total. The summed E-state index contributed by atoms with van der Waals surface area (Å²) in [6.07, 6.45) is 2.79. The van der Waals surface area contributed by atoms with Gasteiger partial charge in [0.25, 0.3) is 5.91 Å². The summed E-state index contributed by atoms with van der Waals surface area (Å²) in [5, 5.41) is 0.497. The standard InChI is InChI=1S/C28H33NO5/c1-5-6-14-33-21-10-7-9-20(17-21)25-24-26(30)22-16-19(4)11-12-23(22)34-27(24)28(31)29(25)13-8-15-32-18(2)3/h7,9-12,16-18,25H,5-6,8,13-15H2,1-4H3. The topological polar surface area (TPSA) is 69.0 Å². The predicted octanol–water partition coefficient (Wildman–Crippen LogP) is 5.64. The van der Waals surface area contributed by atoms with Crippen molar-refractivity contribution >= 4 is 16.9 Å². The van der Waals surface area contributed by atoms with E-state index in [1.807, 2.05) is 57.2 Å². The SMILES string of the molecule is CCCCOc1cccc(C2c3c(oc4ccc(C)cc4c3=O)C(=O)N2CCCOC(C)C)c1. The number of carbonyl (C=O) groups excluding carboxylic acids is 1. The van der Waals surface area contributed by atoms with Crippen molar-refractivity contribution in [3.8, 4) is 5.75 Å². The third-order valence-corrected chi connectivity index (χ3v) is 6.06. The van der Waals surface area contributed by atoms with E-state index in [1.165, 1.54) is 0 Å².